The van der Waals surface area contributed by atoms with E-state index < -0.39 is 23.6 Å². The zero-order valence-corrected chi connectivity index (χ0v) is 8.77. The van der Waals surface area contributed by atoms with Crippen LogP contribution in [0.2, 0.25) is 0 Å². The second kappa shape index (κ2) is 4.27. The van der Waals surface area contributed by atoms with Crippen LogP contribution in [0.15, 0.2) is 29.6 Å². The molecule has 1 unspecified atom stereocenters. The topological polar surface area (TPSA) is 20.2 Å². The van der Waals surface area contributed by atoms with E-state index in [1.165, 1.54) is 11.3 Å². The third-order valence-corrected chi connectivity index (χ3v) is 3.06. The van der Waals surface area contributed by atoms with Gasteiger partial charge in [0.25, 0.3) is 0 Å². The van der Waals surface area contributed by atoms with E-state index in [1.54, 1.807) is 17.5 Å². The molecular formula is C11H7F3OS. The van der Waals surface area contributed by atoms with E-state index in [2.05, 4.69) is 0 Å². The number of hydrogen-bond acceptors (Lipinski definition) is 2. The minimum absolute atomic E-state index is 0.00106. The lowest BCUT2D eigenvalue weighted by atomic mass is 10.1. The summed E-state index contributed by atoms with van der Waals surface area (Å²) >= 11 is 1.25. The van der Waals surface area contributed by atoms with Crippen LogP contribution >= 0.6 is 11.3 Å². The molecule has 0 amide bonds. The molecule has 0 saturated heterocycles. The zero-order chi connectivity index (χ0) is 11.7. The number of benzene rings is 1. The summed E-state index contributed by atoms with van der Waals surface area (Å²) in [5.74, 6) is -4.13. The van der Waals surface area contributed by atoms with Crippen LogP contribution < -0.4 is 0 Å². The molecule has 0 aliphatic rings. The van der Waals surface area contributed by atoms with Crippen molar-refractivity contribution in [3.8, 4) is 0 Å². The Kier molecular flexibility index (Phi) is 2.98. The highest BCUT2D eigenvalue weighted by molar-refractivity contribution is 7.10. The minimum atomic E-state index is -1.53. The third kappa shape index (κ3) is 1.96. The largest absolute Gasteiger partial charge is 0.383 e. The Bertz CT molecular complexity index is 473. The zero-order valence-electron chi connectivity index (χ0n) is 7.95. The third-order valence-electron chi connectivity index (χ3n) is 2.13. The molecule has 0 aliphatic carbocycles. The van der Waals surface area contributed by atoms with Gasteiger partial charge in [-0.3, -0.25) is 0 Å². The van der Waals surface area contributed by atoms with Crippen molar-refractivity contribution in [2.45, 2.75) is 6.10 Å². The van der Waals surface area contributed by atoms with Crippen LogP contribution in [0.1, 0.15) is 16.5 Å². The van der Waals surface area contributed by atoms with Crippen molar-refractivity contribution in [3.63, 3.8) is 0 Å². The van der Waals surface area contributed by atoms with Crippen LogP contribution in [0, 0.1) is 17.5 Å². The molecule has 2 rings (SSSR count). The lowest BCUT2D eigenvalue weighted by Gasteiger charge is -2.09. The Hall–Kier alpha value is -1.33. The van der Waals surface area contributed by atoms with Gasteiger partial charge in [-0.2, -0.15) is 0 Å². The van der Waals surface area contributed by atoms with Crippen LogP contribution in [-0.4, -0.2) is 5.11 Å². The Balaban J connectivity index is 2.42. The summed E-state index contributed by atoms with van der Waals surface area (Å²) < 4.78 is 38.5. The molecule has 1 aromatic carbocycles. The van der Waals surface area contributed by atoms with E-state index >= 15 is 0 Å². The maximum Gasteiger partial charge on any atom is 0.194 e. The molecule has 0 spiro atoms. The number of hydrogen-bond donors (Lipinski definition) is 1. The van der Waals surface area contributed by atoms with Gasteiger partial charge < -0.3 is 5.11 Å². The maximum absolute atomic E-state index is 12.9. The summed E-state index contributed by atoms with van der Waals surface area (Å²) in [6, 6.07) is 4.93. The fraction of sp³-hybridized carbons (Fsp3) is 0.0909. The fourth-order valence-electron chi connectivity index (χ4n) is 1.34. The molecule has 84 valence electrons. The maximum atomic E-state index is 12.9. The van der Waals surface area contributed by atoms with E-state index in [0.717, 1.165) is 12.1 Å². The lowest BCUT2D eigenvalue weighted by Crippen LogP contribution is -2.01. The molecule has 16 heavy (non-hydrogen) atoms. The van der Waals surface area contributed by atoms with E-state index in [1.807, 2.05) is 0 Å². The smallest absolute Gasteiger partial charge is 0.194 e. The second-order valence-electron chi connectivity index (χ2n) is 3.22. The molecule has 0 bridgehead atoms. The molecule has 5 heteroatoms. The first-order valence-electron chi connectivity index (χ1n) is 4.45. The number of aliphatic hydroxyl groups excluding tert-OH is 1. The SMILES string of the molecule is OC(c1cc(F)c(F)c(F)c1)c1cccs1. The molecule has 2 aromatic rings. The minimum Gasteiger partial charge on any atom is -0.383 e. The highest BCUT2D eigenvalue weighted by Gasteiger charge is 2.17. The van der Waals surface area contributed by atoms with Crippen LogP contribution in [-0.2, 0) is 0 Å². The summed E-state index contributed by atoms with van der Waals surface area (Å²) in [6.07, 6.45) is -1.13. The van der Waals surface area contributed by atoms with Crippen molar-refractivity contribution >= 4 is 11.3 Å². The van der Waals surface area contributed by atoms with Gasteiger partial charge in [0.1, 0.15) is 6.10 Å². The second-order valence-corrected chi connectivity index (χ2v) is 4.20. The Morgan fingerprint density at radius 3 is 2.25 bits per heavy atom. The number of thiophene rings is 1. The first-order valence-corrected chi connectivity index (χ1v) is 5.33. The predicted molar refractivity (Wildman–Crippen MR) is 54.7 cm³/mol. The van der Waals surface area contributed by atoms with Gasteiger partial charge in [-0.05, 0) is 29.1 Å². The molecule has 1 aromatic heterocycles. The average molecular weight is 244 g/mol. The molecule has 0 aliphatic heterocycles. The van der Waals surface area contributed by atoms with E-state index in [9.17, 15) is 18.3 Å². The molecule has 1 nitrogen and oxygen atoms in total. The molecule has 0 saturated carbocycles. The van der Waals surface area contributed by atoms with Crippen molar-refractivity contribution in [1.29, 1.82) is 0 Å². The van der Waals surface area contributed by atoms with Gasteiger partial charge in [0.15, 0.2) is 17.5 Å². The summed E-state index contributed by atoms with van der Waals surface area (Å²) in [7, 11) is 0. The van der Waals surface area contributed by atoms with Crippen molar-refractivity contribution in [3.05, 3.63) is 57.5 Å². The van der Waals surface area contributed by atoms with Gasteiger partial charge in [-0.15, -0.1) is 11.3 Å². The van der Waals surface area contributed by atoms with Crippen LogP contribution in [0.25, 0.3) is 0 Å². The lowest BCUT2D eigenvalue weighted by molar-refractivity contribution is 0.222. The first-order chi connectivity index (χ1) is 7.59. The van der Waals surface area contributed by atoms with E-state index in [4.69, 9.17) is 0 Å². The van der Waals surface area contributed by atoms with Crippen LogP contribution in [0.3, 0.4) is 0 Å². The van der Waals surface area contributed by atoms with Gasteiger partial charge in [0.2, 0.25) is 0 Å². The van der Waals surface area contributed by atoms with Crippen molar-refractivity contribution in [2.75, 3.05) is 0 Å². The normalized spacial score (nSPS) is 12.8. The van der Waals surface area contributed by atoms with Gasteiger partial charge in [0, 0.05) is 4.88 Å². The van der Waals surface area contributed by atoms with Gasteiger partial charge in [0.05, 0.1) is 0 Å². The van der Waals surface area contributed by atoms with Crippen molar-refractivity contribution in [2.24, 2.45) is 0 Å². The van der Waals surface area contributed by atoms with Crippen molar-refractivity contribution < 1.29 is 18.3 Å². The van der Waals surface area contributed by atoms with Crippen LogP contribution in [0.5, 0.6) is 0 Å². The Morgan fingerprint density at radius 1 is 1.12 bits per heavy atom. The van der Waals surface area contributed by atoms with E-state index in [0.29, 0.717) is 4.88 Å². The highest BCUT2D eigenvalue weighted by Crippen LogP contribution is 2.27. The standard InChI is InChI=1S/C11H7F3OS/c12-7-4-6(5-8(13)10(7)14)11(15)9-2-1-3-16-9/h1-5,11,15H. The molecule has 0 radical (unpaired) electrons. The Morgan fingerprint density at radius 2 is 1.75 bits per heavy atom. The molecular weight excluding hydrogens is 237 g/mol. The fourth-order valence-corrected chi connectivity index (χ4v) is 2.08. The summed E-state index contributed by atoms with van der Waals surface area (Å²) in [5, 5.41) is 11.5. The summed E-state index contributed by atoms with van der Waals surface area (Å²) in [5.41, 5.74) is -0.00106. The summed E-state index contributed by atoms with van der Waals surface area (Å²) in [6.45, 7) is 0. The van der Waals surface area contributed by atoms with Gasteiger partial charge >= 0.3 is 0 Å². The number of aliphatic hydroxyl groups is 1. The van der Waals surface area contributed by atoms with E-state index in [-0.39, 0.29) is 5.56 Å². The van der Waals surface area contributed by atoms with Crippen molar-refractivity contribution in [1.82, 2.24) is 0 Å². The van der Waals surface area contributed by atoms with Crippen LogP contribution in [0.4, 0.5) is 13.2 Å². The number of rotatable bonds is 2. The number of halogens is 3. The molecule has 0 fully saturated rings. The molecule has 1 heterocycles. The monoisotopic (exact) mass is 244 g/mol. The first kappa shape index (κ1) is 11.2. The highest BCUT2D eigenvalue weighted by atomic mass is 32.1. The Labute approximate surface area is 93.8 Å². The molecule has 1 N–H and O–H groups in total. The van der Waals surface area contributed by atoms with Gasteiger partial charge in [-0.25, -0.2) is 13.2 Å². The predicted octanol–water partition coefficient (Wildman–Crippen LogP) is 3.25. The average Bonchev–Trinajstić information content (AvgIpc) is 2.77. The quantitative estimate of drug-likeness (QED) is 0.804. The van der Waals surface area contributed by atoms with Gasteiger partial charge in [-0.1, -0.05) is 6.07 Å². The molecule has 1 atom stereocenters. The summed E-state index contributed by atoms with van der Waals surface area (Å²) in [4.78, 5) is 0.547.